The molecule has 2 aromatic rings. The van der Waals surface area contributed by atoms with Crippen molar-refractivity contribution < 1.29 is 9.57 Å². The molecule has 142 valence electrons. The molecule has 2 aliphatic rings. The number of rotatable bonds is 6. The smallest absolute Gasteiger partial charge is 0.143 e. The summed E-state index contributed by atoms with van der Waals surface area (Å²) in [5.74, 6) is 0.858. The molecule has 4 rings (SSSR count). The fourth-order valence-electron chi connectivity index (χ4n) is 3.64. The van der Waals surface area contributed by atoms with Gasteiger partial charge in [0.25, 0.3) is 0 Å². The van der Waals surface area contributed by atoms with Crippen LogP contribution >= 0.6 is 23.2 Å². The van der Waals surface area contributed by atoms with Crippen molar-refractivity contribution in [2.24, 2.45) is 11.1 Å². The molecule has 1 saturated carbocycles. The fourth-order valence-corrected chi connectivity index (χ4v) is 3.96. The van der Waals surface area contributed by atoms with E-state index in [0.29, 0.717) is 22.4 Å². The molecule has 0 saturated heterocycles. The van der Waals surface area contributed by atoms with Gasteiger partial charge in [-0.15, -0.1) is 0 Å². The second-order valence-electron chi connectivity index (χ2n) is 7.34. The number of oxime groups is 1. The first-order valence-electron chi connectivity index (χ1n) is 9.10. The SMILES string of the molecule is CN(C)CCCON=C1c2cc(Cl)c(Cl)cc2OC2(c3ccccc3)CC12. The highest BCUT2D eigenvalue weighted by atomic mass is 35.5. The maximum Gasteiger partial charge on any atom is 0.143 e. The van der Waals surface area contributed by atoms with Gasteiger partial charge in [0, 0.05) is 24.6 Å². The lowest BCUT2D eigenvalue weighted by Gasteiger charge is -2.28. The molecule has 2 aromatic carbocycles. The average Bonchev–Trinajstić information content (AvgIpc) is 3.38. The van der Waals surface area contributed by atoms with Gasteiger partial charge in [0.2, 0.25) is 0 Å². The van der Waals surface area contributed by atoms with Crippen LogP contribution in [0.2, 0.25) is 10.0 Å². The number of hydrogen-bond donors (Lipinski definition) is 0. The molecule has 27 heavy (non-hydrogen) atoms. The summed E-state index contributed by atoms with van der Waals surface area (Å²) in [5.41, 5.74) is 2.51. The zero-order chi connectivity index (χ0) is 19.0. The van der Waals surface area contributed by atoms with Crippen LogP contribution in [-0.4, -0.2) is 37.9 Å². The Hall–Kier alpha value is -1.75. The van der Waals surface area contributed by atoms with Crippen molar-refractivity contribution in [1.82, 2.24) is 4.90 Å². The minimum atomic E-state index is -0.392. The first-order valence-corrected chi connectivity index (χ1v) is 9.85. The van der Waals surface area contributed by atoms with Gasteiger partial charge < -0.3 is 14.5 Å². The largest absolute Gasteiger partial charge is 0.481 e. The van der Waals surface area contributed by atoms with Crippen LogP contribution < -0.4 is 4.74 Å². The monoisotopic (exact) mass is 404 g/mol. The maximum atomic E-state index is 6.42. The Bertz CT molecular complexity index is 870. The second kappa shape index (κ2) is 7.34. The van der Waals surface area contributed by atoms with Crippen molar-refractivity contribution in [2.75, 3.05) is 27.2 Å². The van der Waals surface area contributed by atoms with Crippen LogP contribution in [0.15, 0.2) is 47.6 Å². The van der Waals surface area contributed by atoms with E-state index in [4.69, 9.17) is 32.8 Å². The quantitative estimate of drug-likeness (QED) is 0.503. The van der Waals surface area contributed by atoms with Gasteiger partial charge in [0.15, 0.2) is 0 Å². The molecule has 1 fully saturated rings. The van der Waals surface area contributed by atoms with Crippen LogP contribution in [0, 0.1) is 5.92 Å². The van der Waals surface area contributed by atoms with Crippen molar-refractivity contribution in [3.05, 3.63) is 63.6 Å². The number of fused-ring (bicyclic) bond motifs is 2. The minimum absolute atomic E-state index is 0.151. The number of nitrogens with zero attached hydrogens (tertiary/aromatic N) is 2. The van der Waals surface area contributed by atoms with Crippen LogP contribution in [0.1, 0.15) is 24.0 Å². The van der Waals surface area contributed by atoms with Gasteiger partial charge in [-0.3, -0.25) is 0 Å². The Morgan fingerprint density at radius 1 is 1.19 bits per heavy atom. The average molecular weight is 405 g/mol. The maximum absolute atomic E-state index is 6.42. The molecular weight excluding hydrogens is 383 g/mol. The molecule has 1 aliphatic carbocycles. The lowest BCUT2D eigenvalue weighted by Crippen LogP contribution is -2.28. The third-order valence-corrected chi connectivity index (χ3v) is 5.82. The van der Waals surface area contributed by atoms with E-state index in [-0.39, 0.29) is 5.92 Å². The molecule has 1 aliphatic heterocycles. The summed E-state index contributed by atoms with van der Waals surface area (Å²) in [5, 5.41) is 5.47. The summed E-state index contributed by atoms with van der Waals surface area (Å²) in [6, 6.07) is 13.9. The van der Waals surface area contributed by atoms with Crippen LogP contribution in [0.25, 0.3) is 0 Å². The summed E-state index contributed by atoms with van der Waals surface area (Å²) in [7, 11) is 4.09. The van der Waals surface area contributed by atoms with Gasteiger partial charge in [0.05, 0.1) is 21.7 Å². The first kappa shape index (κ1) is 18.6. The van der Waals surface area contributed by atoms with Gasteiger partial charge >= 0.3 is 0 Å². The Kier molecular flexibility index (Phi) is 5.06. The summed E-state index contributed by atoms with van der Waals surface area (Å²) < 4.78 is 6.42. The Morgan fingerprint density at radius 2 is 1.93 bits per heavy atom. The van der Waals surface area contributed by atoms with Crippen LogP contribution in [0.4, 0.5) is 0 Å². The topological polar surface area (TPSA) is 34.1 Å². The van der Waals surface area contributed by atoms with Crippen LogP contribution in [-0.2, 0) is 10.4 Å². The summed E-state index contributed by atoms with van der Waals surface area (Å²) in [6.07, 6.45) is 1.78. The summed E-state index contributed by atoms with van der Waals surface area (Å²) in [6.45, 7) is 1.54. The van der Waals surface area contributed by atoms with Gasteiger partial charge in [-0.2, -0.15) is 0 Å². The van der Waals surface area contributed by atoms with Crippen molar-refractivity contribution >= 4 is 28.9 Å². The van der Waals surface area contributed by atoms with Crippen LogP contribution in [0.3, 0.4) is 0 Å². The highest BCUT2D eigenvalue weighted by molar-refractivity contribution is 6.42. The van der Waals surface area contributed by atoms with Gasteiger partial charge in [-0.05, 0) is 32.1 Å². The van der Waals surface area contributed by atoms with Crippen LogP contribution in [0.5, 0.6) is 5.75 Å². The van der Waals surface area contributed by atoms with Crippen molar-refractivity contribution in [2.45, 2.75) is 18.4 Å². The predicted octanol–water partition coefficient (Wildman–Crippen LogP) is 4.97. The molecule has 2 atom stereocenters. The lowest BCUT2D eigenvalue weighted by molar-refractivity contribution is 0.129. The molecule has 0 spiro atoms. The summed E-state index contributed by atoms with van der Waals surface area (Å²) in [4.78, 5) is 7.79. The number of ether oxygens (including phenoxy) is 1. The van der Waals surface area contributed by atoms with E-state index < -0.39 is 5.60 Å². The summed E-state index contributed by atoms with van der Waals surface area (Å²) >= 11 is 12.5. The third-order valence-electron chi connectivity index (χ3n) is 5.10. The van der Waals surface area contributed by atoms with E-state index >= 15 is 0 Å². The van der Waals surface area contributed by atoms with E-state index in [2.05, 4.69) is 22.2 Å². The fraction of sp³-hybridized carbons (Fsp3) is 0.381. The standard InChI is InChI=1S/C21H22Cl2N2O2/c1-25(2)9-6-10-26-24-20-15-11-17(22)18(23)12-19(15)27-21(13-16(20)21)14-7-4-3-5-8-14/h3-5,7-8,11-12,16H,6,9-10,13H2,1-2H3. The zero-order valence-electron chi connectivity index (χ0n) is 15.4. The van der Waals surface area contributed by atoms with E-state index in [1.54, 1.807) is 6.07 Å². The number of halogens is 2. The molecule has 6 heteroatoms. The van der Waals surface area contributed by atoms with Crippen molar-refractivity contribution in [3.63, 3.8) is 0 Å². The predicted molar refractivity (Wildman–Crippen MR) is 109 cm³/mol. The van der Waals surface area contributed by atoms with E-state index in [1.807, 2.05) is 38.4 Å². The second-order valence-corrected chi connectivity index (χ2v) is 8.16. The molecule has 2 unspecified atom stereocenters. The van der Waals surface area contributed by atoms with E-state index in [1.165, 1.54) is 0 Å². The lowest BCUT2D eigenvalue weighted by atomic mass is 9.95. The van der Waals surface area contributed by atoms with E-state index in [0.717, 1.165) is 36.2 Å². The van der Waals surface area contributed by atoms with Gasteiger partial charge in [-0.25, -0.2) is 0 Å². The molecule has 0 bridgehead atoms. The highest BCUT2D eigenvalue weighted by Gasteiger charge is 2.64. The molecular formula is C21H22Cl2N2O2. The number of benzene rings is 2. The van der Waals surface area contributed by atoms with Crippen molar-refractivity contribution in [1.29, 1.82) is 0 Å². The van der Waals surface area contributed by atoms with Gasteiger partial charge in [-0.1, -0.05) is 58.7 Å². The van der Waals surface area contributed by atoms with Crippen molar-refractivity contribution in [3.8, 4) is 5.75 Å². The Morgan fingerprint density at radius 3 is 2.67 bits per heavy atom. The zero-order valence-corrected chi connectivity index (χ0v) is 16.9. The molecule has 0 radical (unpaired) electrons. The third kappa shape index (κ3) is 3.54. The molecule has 0 aromatic heterocycles. The van der Waals surface area contributed by atoms with Gasteiger partial charge in [0.1, 0.15) is 18.0 Å². The highest BCUT2D eigenvalue weighted by Crippen LogP contribution is 2.60. The van der Waals surface area contributed by atoms with E-state index in [9.17, 15) is 0 Å². The first-order chi connectivity index (χ1) is 13.0. The normalized spacial score (nSPS) is 24.3. The number of hydrogen-bond acceptors (Lipinski definition) is 4. The molecule has 1 heterocycles. The molecule has 0 N–H and O–H groups in total. The molecule has 0 amide bonds. The Balaban J connectivity index is 1.65. The Labute approximate surface area is 169 Å². The minimum Gasteiger partial charge on any atom is -0.481 e. The molecule has 4 nitrogen and oxygen atoms in total.